The first kappa shape index (κ1) is 30.0. The zero-order valence-electron chi connectivity index (χ0n) is 19.4. The van der Waals surface area contributed by atoms with E-state index in [1.165, 1.54) is 0 Å². The van der Waals surface area contributed by atoms with Crippen molar-refractivity contribution in [3.8, 4) is 0 Å². The van der Waals surface area contributed by atoms with Gasteiger partial charge in [0.2, 0.25) is 23.6 Å². The van der Waals surface area contributed by atoms with Gasteiger partial charge in [-0.2, -0.15) is 0 Å². The Balaban J connectivity index is 2.98. The van der Waals surface area contributed by atoms with E-state index in [1.807, 2.05) is 0 Å². The summed E-state index contributed by atoms with van der Waals surface area (Å²) < 4.78 is 0. The van der Waals surface area contributed by atoms with Crippen LogP contribution in [-0.2, 0) is 35.2 Å². The van der Waals surface area contributed by atoms with E-state index in [-0.39, 0.29) is 25.7 Å². The summed E-state index contributed by atoms with van der Waals surface area (Å²) in [6, 6.07) is 2.86. The van der Waals surface area contributed by atoms with E-state index >= 15 is 0 Å². The lowest BCUT2D eigenvalue weighted by Gasteiger charge is -2.24. The molecule has 0 aromatic heterocycles. The number of nitrogens with one attached hydrogen (secondary N) is 3. The highest BCUT2D eigenvalue weighted by molar-refractivity contribution is 5.94. The van der Waals surface area contributed by atoms with Crippen molar-refractivity contribution in [2.75, 3.05) is 6.61 Å². The third-order valence-electron chi connectivity index (χ3n) is 5.03. The number of primary amides is 1. The molecule has 1 rings (SSSR count). The molecule has 0 heterocycles. The number of hydrogen-bond acceptors (Lipinski definition) is 8. The molecule has 10 N–H and O–H groups in total. The maximum Gasteiger partial charge on any atom is 0.326 e. The molecule has 0 aliphatic carbocycles. The van der Waals surface area contributed by atoms with E-state index in [9.17, 15) is 39.0 Å². The van der Waals surface area contributed by atoms with Crippen LogP contribution in [-0.4, -0.2) is 81.7 Å². The van der Waals surface area contributed by atoms with Gasteiger partial charge in [-0.05, 0) is 18.4 Å². The molecule has 0 saturated carbocycles. The minimum absolute atomic E-state index is 0.0755. The third kappa shape index (κ3) is 10.9. The summed E-state index contributed by atoms with van der Waals surface area (Å²) in [5.74, 6) is -6.09. The Bertz CT molecular complexity index is 941. The lowest BCUT2D eigenvalue weighted by Crippen LogP contribution is -2.58. The van der Waals surface area contributed by atoms with Gasteiger partial charge in [0.1, 0.15) is 18.1 Å². The van der Waals surface area contributed by atoms with E-state index in [4.69, 9.17) is 16.6 Å². The Labute approximate surface area is 206 Å². The number of benzene rings is 1. The van der Waals surface area contributed by atoms with Crippen LogP contribution in [0.1, 0.15) is 31.2 Å². The van der Waals surface area contributed by atoms with Gasteiger partial charge in [0.15, 0.2) is 0 Å². The first-order chi connectivity index (χ1) is 16.9. The number of amides is 4. The second-order valence-corrected chi connectivity index (χ2v) is 7.94. The van der Waals surface area contributed by atoms with E-state index in [1.54, 1.807) is 30.3 Å². The fraction of sp³-hybridized carbons (Fsp3) is 0.455. The highest BCUT2D eigenvalue weighted by atomic mass is 16.4. The van der Waals surface area contributed by atoms with Crippen LogP contribution in [0.4, 0.5) is 0 Å². The van der Waals surface area contributed by atoms with Crippen LogP contribution in [0.3, 0.4) is 0 Å². The average molecular weight is 510 g/mol. The maximum atomic E-state index is 12.9. The molecule has 14 nitrogen and oxygen atoms in total. The van der Waals surface area contributed by atoms with E-state index < -0.39 is 72.8 Å². The number of carbonyl (C=O) groups is 6. The van der Waals surface area contributed by atoms with Crippen LogP contribution in [0.25, 0.3) is 0 Å². The second-order valence-electron chi connectivity index (χ2n) is 7.94. The molecule has 0 fully saturated rings. The summed E-state index contributed by atoms with van der Waals surface area (Å²) in [5, 5.41) is 34.5. The van der Waals surface area contributed by atoms with Gasteiger partial charge in [0.05, 0.1) is 12.6 Å². The van der Waals surface area contributed by atoms with Gasteiger partial charge < -0.3 is 42.7 Å². The number of nitrogens with two attached hydrogens (primary N) is 2. The van der Waals surface area contributed by atoms with Gasteiger partial charge in [0.25, 0.3) is 0 Å². The zero-order valence-corrected chi connectivity index (χ0v) is 19.4. The van der Waals surface area contributed by atoms with Crippen LogP contribution in [0, 0.1) is 0 Å². The molecule has 1 aromatic carbocycles. The minimum Gasteiger partial charge on any atom is -0.481 e. The number of carboxylic acids is 2. The normalized spacial score (nSPS) is 13.9. The van der Waals surface area contributed by atoms with Gasteiger partial charge in [-0.1, -0.05) is 30.3 Å². The molecular weight excluding hydrogens is 478 g/mol. The topological polar surface area (TPSA) is 251 Å². The molecule has 36 heavy (non-hydrogen) atoms. The van der Waals surface area contributed by atoms with E-state index in [0.29, 0.717) is 5.56 Å². The van der Waals surface area contributed by atoms with Crippen molar-refractivity contribution >= 4 is 35.6 Å². The summed E-state index contributed by atoms with van der Waals surface area (Å²) in [4.78, 5) is 71.0. The molecule has 0 saturated heterocycles. The maximum absolute atomic E-state index is 12.9. The van der Waals surface area contributed by atoms with E-state index in [0.717, 1.165) is 0 Å². The highest BCUT2D eigenvalue weighted by Crippen LogP contribution is 2.06. The second kappa shape index (κ2) is 15.1. The third-order valence-corrected chi connectivity index (χ3v) is 5.03. The van der Waals surface area contributed by atoms with Crippen LogP contribution in [0.15, 0.2) is 30.3 Å². The fourth-order valence-electron chi connectivity index (χ4n) is 3.03. The zero-order chi connectivity index (χ0) is 27.3. The van der Waals surface area contributed by atoms with Crippen LogP contribution >= 0.6 is 0 Å². The lowest BCUT2D eigenvalue weighted by atomic mass is 10.0. The van der Waals surface area contributed by atoms with Crippen molar-refractivity contribution < 1.29 is 44.1 Å². The first-order valence-electron chi connectivity index (χ1n) is 11.0. The Hall–Kier alpha value is -4.04. The van der Waals surface area contributed by atoms with Crippen molar-refractivity contribution in [1.82, 2.24) is 16.0 Å². The van der Waals surface area contributed by atoms with Gasteiger partial charge in [-0.3, -0.25) is 24.0 Å². The summed E-state index contributed by atoms with van der Waals surface area (Å²) >= 11 is 0. The fourth-order valence-corrected chi connectivity index (χ4v) is 3.03. The predicted octanol–water partition coefficient (Wildman–Crippen LogP) is -2.78. The van der Waals surface area contributed by atoms with Crippen molar-refractivity contribution in [2.45, 2.75) is 56.3 Å². The summed E-state index contributed by atoms with van der Waals surface area (Å²) in [6.07, 6.45) is -1.24. The van der Waals surface area contributed by atoms with Crippen LogP contribution < -0.4 is 27.4 Å². The highest BCUT2D eigenvalue weighted by Gasteiger charge is 2.30. The molecule has 198 valence electrons. The van der Waals surface area contributed by atoms with Gasteiger partial charge in [-0.25, -0.2) is 4.79 Å². The number of aliphatic hydroxyl groups excluding tert-OH is 1. The van der Waals surface area contributed by atoms with Gasteiger partial charge in [-0.15, -0.1) is 0 Å². The van der Waals surface area contributed by atoms with Crippen LogP contribution in [0.2, 0.25) is 0 Å². The summed E-state index contributed by atoms with van der Waals surface area (Å²) in [7, 11) is 0. The first-order valence-corrected chi connectivity index (χ1v) is 11.0. The van der Waals surface area contributed by atoms with Crippen molar-refractivity contribution in [3.05, 3.63) is 35.9 Å². The lowest BCUT2D eigenvalue weighted by molar-refractivity contribution is -0.143. The predicted molar refractivity (Wildman–Crippen MR) is 124 cm³/mol. The molecular formula is C22H31N5O9. The molecule has 1 aromatic rings. The van der Waals surface area contributed by atoms with Gasteiger partial charge in [0, 0.05) is 19.3 Å². The Morgan fingerprint density at radius 3 is 1.86 bits per heavy atom. The molecule has 4 unspecified atom stereocenters. The van der Waals surface area contributed by atoms with Crippen molar-refractivity contribution in [2.24, 2.45) is 11.5 Å². The Morgan fingerprint density at radius 1 is 0.778 bits per heavy atom. The Morgan fingerprint density at radius 2 is 1.33 bits per heavy atom. The molecule has 0 radical (unpaired) electrons. The number of carboxylic acid groups (broad SMARTS) is 2. The molecule has 0 aliphatic rings. The molecule has 0 aliphatic heterocycles. The largest absolute Gasteiger partial charge is 0.481 e. The number of hydrogen-bond donors (Lipinski definition) is 8. The number of aliphatic carboxylic acids is 2. The van der Waals surface area contributed by atoms with Gasteiger partial charge >= 0.3 is 11.9 Å². The number of rotatable bonds is 16. The van der Waals surface area contributed by atoms with Crippen molar-refractivity contribution in [1.29, 1.82) is 0 Å². The summed E-state index contributed by atoms with van der Waals surface area (Å²) in [5.41, 5.74) is 11.3. The smallest absolute Gasteiger partial charge is 0.326 e. The van der Waals surface area contributed by atoms with Crippen molar-refractivity contribution in [3.63, 3.8) is 0 Å². The Kier molecular flexibility index (Phi) is 12.5. The number of carbonyl (C=O) groups excluding carboxylic acids is 4. The minimum atomic E-state index is -1.53. The SMILES string of the molecule is NC(=O)CCC(N)C(=O)NC(CO)C(=O)NC(Cc1ccccc1)C(=O)NC(CCC(=O)O)C(=O)O. The molecule has 4 atom stereocenters. The quantitative estimate of drug-likeness (QED) is 0.114. The molecule has 0 spiro atoms. The van der Waals surface area contributed by atoms with Crippen LogP contribution in [0.5, 0.6) is 0 Å². The monoisotopic (exact) mass is 509 g/mol. The average Bonchev–Trinajstić information content (AvgIpc) is 2.82. The molecule has 4 amide bonds. The number of aliphatic hydroxyl groups is 1. The molecule has 0 bridgehead atoms. The standard InChI is InChI=1S/C22H31N5O9/c23-13(6-8-17(24)29)19(32)27-16(11-28)21(34)26-15(10-12-4-2-1-3-5-12)20(33)25-14(22(35)36)7-9-18(30)31/h1-5,13-16,28H,6-11,23H2,(H2,24,29)(H,25,33)(H,26,34)(H,27,32)(H,30,31)(H,35,36). The molecule has 14 heteroatoms. The van der Waals surface area contributed by atoms with E-state index in [2.05, 4.69) is 16.0 Å². The summed E-state index contributed by atoms with van der Waals surface area (Å²) in [6.45, 7) is -0.851.